The number of hydrogen-bond acceptors (Lipinski definition) is 7. The lowest BCUT2D eigenvalue weighted by Crippen LogP contribution is -2.39. The van der Waals surface area contributed by atoms with Gasteiger partial charge in [-0.05, 0) is 56.0 Å². The third-order valence-corrected chi connectivity index (χ3v) is 6.43. The van der Waals surface area contributed by atoms with Crippen LogP contribution in [0.1, 0.15) is 50.8 Å². The largest absolute Gasteiger partial charge is 0.447 e. The van der Waals surface area contributed by atoms with E-state index in [2.05, 4.69) is 65.2 Å². The molecular weight excluding hydrogens is 404 g/mol. The van der Waals surface area contributed by atoms with Crippen molar-refractivity contribution in [3.63, 3.8) is 0 Å². The van der Waals surface area contributed by atoms with Crippen molar-refractivity contribution in [2.45, 2.75) is 58.3 Å². The van der Waals surface area contributed by atoms with E-state index in [1.165, 1.54) is 5.56 Å². The number of likely N-dealkylation sites (tertiary alicyclic amines) is 1. The molecular formula is C24H34N6O2. The molecule has 0 radical (unpaired) electrons. The summed E-state index contributed by atoms with van der Waals surface area (Å²) in [6.07, 6.45) is 3.47. The number of nitrogens with two attached hydrogens (primary N) is 1. The van der Waals surface area contributed by atoms with Gasteiger partial charge < -0.3 is 15.8 Å². The number of piperidine rings is 1. The summed E-state index contributed by atoms with van der Waals surface area (Å²) in [6.45, 7) is 9.71. The van der Waals surface area contributed by atoms with Crippen LogP contribution in [0.4, 0.5) is 16.6 Å². The van der Waals surface area contributed by atoms with Gasteiger partial charge in [0.2, 0.25) is 5.95 Å². The molecule has 32 heavy (non-hydrogen) atoms. The molecule has 2 aromatic rings. The van der Waals surface area contributed by atoms with E-state index in [0.29, 0.717) is 24.4 Å². The standard InChI is InChI=1S/C24H34N6O2/c1-16(2)21-15-32-24(31)30(21)22-8-11-26-23(28-22)27-17(3)19-6-4-18(5-7-19)14-29-12-9-20(25)10-13-29/h4-8,11,16-17,20-21H,9-10,12-15,25H2,1-3H3,(H,26,27,28)/t17-,21+/m0/s1. The molecule has 8 nitrogen and oxygen atoms in total. The number of benzene rings is 1. The third kappa shape index (κ3) is 5.19. The molecule has 4 rings (SSSR count). The summed E-state index contributed by atoms with van der Waals surface area (Å²) in [4.78, 5) is 25.3. The van der Waals surface area contributed by atoms with Crippen molar-refractivity contribution < 1.29 is 9.53 Å². The van der Waals surface area contributed by atoms with Crippen molar-refractivity contribution in [2.24, 2.45) is 11.7 Å². The van der Waals surface area contributed by atoms with Crippen molar-refractivity contribution in [3.8, 4) is 0 Å². The van der Waals surface area contributed by atoms with E-state index in [1.807, 2.05) is 0 Å². The predicted octanol–water partition coefficient (Wildman–Crippen LogP) is 3.55. The fourth-order valence-corrected chi connectivity index (χ4v) is 4.30. The van der Waals surface area contributed by atoms with E-state index in [9.17, 15) is 4.79 Å². The number of anilines is 2. The second-order valence-corrected chi connectivity index (χ2v) is 9.22. The molecule has 1 amide bonds. The topological polar surface area (TPSA) is 96.6 Å². The minimum atomic E-state index is -0.354. The van der Waals surface area contributed by atoms with Crippen LogP contribution in [0.3, 0.4) is 0 Å². The lowest BCUT2D eigenvalue weighted by molar-refractivity contribution is 0.177. The van der Waals surface area contributed by atoms with Gasteiger partial charge in [-0.3, -0.25) is 9.80 Å². The zero-order chi connectivity index (χ0) is 22.7. The number of carbonyl (C=O) groups is 1. The second-order valence-electron chi connectivity index (χ2n) is 9.22. The molecule has 8 heteroatoms. The van der Waals surface area contributed by atoms with E-state index in [-0.39, 0.29) is 24.1 Å². The van der Waals surface area contributed by atoms with E-state index in [1.54, 1.807) is 17.2 Å². The van der Waals surface area contributed by atoms with Gasteiger partial charge >= 0.3 is 6.09 Å². The smallest absolute Gasteiger partial charge is 0.415 e. The van der Waals surface area contributed by atoms with Gasteiger partial charge in [-0.25, -0.2) is 9.78 Å². The zero-order valence-corrected chi connectivity index (χ0v) is 19.2. The molecule has 172 valence electrons. The van der Waals surface area contributed by atoms with Gasteiger partial charge in [-0.2, -0.15) is 4.98 Å². The molecule has 3 heterocycles. The number of amides is 1. The van der Waals surface area contributed by atoms with Gasteiger partial charge in [-0.1, -0.05) is 38.1 Å². The van der Waals surface area contributed by atoms with Crippen molar-refractivity contribution in [1.82, 2.24) is 14.9 Å². The first kappa shape index (κ1) is 22.5. The molecule has 0 aliphatic carbocycles. The Bertz CT molecular complexity index is 911. The Labute approximate surface area is 190 Å². The Morgan fingerprint density at radius 3 is 2.56 bits per heavy atom. The van der Waals surface area contributed by atoms with Gasteiger partial charge in [0.25, 0.3) is 0 Å². The van der Waals surface area contributed by atoms with E-state index in [4.69, 9.17) is 10.5 Å². The van der Waals surface area contributed by atoms with Gasteiger partial charge in [0.15, 0.2) is 0 Å². The fraction of sp³-hybridized carbons (Fsp3) is 0.542. The summed E-state index contributed by atoms with van der Waals surface area (Å²) in [7, 11) is 0. The number of cyclic esters (lactones) is 1. The average molecular weight is 439 g/mol. The molecule has 2 aliphatic heterocycles. The molecule has 3 N–H and O–H groups in total. The molecule has 0 saturated carbocycles. The first-order valence-electron chi connectivity index (χ1n) is 11.5. The maximum absolute atomic E-state index is 12.2. The van der Waals surface area contributed by atoms with Gasteiger partial charge in [0.05, 0.1) is 12.1 Å². The Kier molecular flexibility index (Phi) is 6.91. The lowest BCUT2D eigenvalue weighted by Gasteiger charge is -2.30. The molecule has 0 unspecified atom stereocenters. The normalized spacial score (nSPS) is 21.1. The third-order valence-electron chi connectivity index (χ3n) is 6.43. The number of nitrogens with zero attached hydrogens (tertiary/aromatic N) is 4. The Balaban J connectivity index is 1.39. The van der Waals surface area contributed by atoms with Crippen LogP contribution < -0.4 is 16.0 Å². The maximum Gasteiger partial charge on any atom is 0.415 e. The van der Waals surface area contributed by atoms with Crippen LogP contribution in [-0.2, 0) is 11.3 Å². The number of aromatic nitrogens is 2. The van der Waals surface area contributed by atoms with Crippen LogP contribution in [0.15, 0.2) is 36.5 Å². The summed E-state index contributed by atoms with van der Waals surface area (Å²) in [6, 6.07) is 10.8. The van der Waals surface area contributed by atoms with Crippen LogP contribution in [-0.4, -0.2) is 52.7 Å². The summed E-state index contributed by atoms with van der Waals surface area (Å²) in [5, 5.41) is 3.36. The maximum atomic E-state index is 12.2. The summed E-state index contributed by atoms with van der Waals surface area (Å²) < 4.78 is 5.25. The van der Waals surface area contributed by atoms with Gasteiger partial charge in [0.1, 0.15) is 12.4 Å². The van der Waals surface area contributed by atoms with Crippen molar-refractivity contribution in [3.05, 3.63) is 47.7 Å². The minimum absolute atomic E-state index is 0.0224. The highest BCUT2D eigenvalue weighted by Crippen LogP contribution is 2.27. The Morgan fingerprint density at radius 1 is 1.16 bits per heavy atom. The van der Waals surface area contributed by atoms with Crippen LogP contribution in [0.2, 0.25) is 0 Å². The lowest BCUT2D eigenvalue weighted by atomic mass is 10.0. The van der Waals surface area contributed by atoms with Crippen LogP contribution in [0.25, 0.3) is 0 Å². The molecule has 1 aromatic carbocycles. The molecule has 2 fully saturated rings. The van der Waals surface area contributed by atoms with E-state index >= 15 is 0 Å². The number of carbonyl (C=O) groups excluding carboxylic acids is 1. The Hall–Kier alpha value is -2.71. The number of rotatable bonds is 7. The summed E-state index contributed by atoms with van der Waals surface area (Å²) >= 11 is 0. The number of nitrogens with one attached hydrogen (secondary N) is 1. The summed E-state index contributed by atoms with van der Waals surface area (Å²) in [5.74, 6) is 1.32. The SMILES string of the molecule is CC(C)[C@H]1COC(=O)N1c1ccnc(N[C@@H](C)c2ccc(CN3CCC(N)CC3)cc2)n1. The van der Waals surface area contributed by atoms with E-state index in [0.717, 1.165) is 38.0 Å². The zero-order valence-electron chi connectivity index (χ0n) is 19.2. The molecule has 2 aliphatic rings. The van der Waals surface area contributed by atoms with Crippen molar-refractivity contribution in [1.29, 1.82) is 0 Å². The quantitative estimate of drug-likeness (QED) is 0.682. The first-order valence-corrected chi connectivity index (χ1v) is 11.5. The first-order chi connectivity index (χ1) is 15.4. The molecule has 0 bridgehead atoms. The van der Waals surface area contributed by atoms with E-state index < -0.39 is 0 Å². The molecule has 2 atom stereocenters. The fourth-order valence-electron chi connectivity index (χ4n) is 4.30. The van der Waals surface area contributed by atoms with Crippen LogP contribution >= 0.6 is 0 Å². The van der Waals surface area contributed by atoms with Crippen molar-refractivity contribution in [2.75, 3.05) is 29.9 Å². The van der Waals surface area contributed by atoms with Gasteiger partial charge in [-0.15, -0.1) is 0 Å². The predicted molar refractivity (Wildman–Crippen MR) is 125 cm³/mol. The Morgan fingerprint density at radius 2 is 1.88 bits per heavy atom. The highest BCUT2D eigenvalue weighted by molar-refractivity contribution is 5.89. The second kappa shape index (κ2) is 9.83. The minimum Gasteiger partial charge on any atom is -0.447 e. The number of hydrogen-bond donors (Lipinski definition) is 2. The van der Waals surface area contributed by atoms with Crippen molar-refractivity contribution >= 4 is 17.9 Å². The monoisotopic (exact) mass is 438 g/mol. The highest BCUT2D eigenvalue weighted by atomic mass is 16.6. The molecule has 0 spiro atoms. The summed E-state index contributed by atoms with van der Waals surface area (Å²) in [5.41, 5.74) is 8.47. The highest BCUT2D eigenvalue weighted by Gasteiger charge is 2.37. The van der Waals surface area contributed by atoms with Gasteiger partial charge in [0, 0.05) is 18.8 Å². The van der Waals surface area contributed by atoms with Crippen LogP contribution in [0.5, 0.6) is 0 Å². The molecule has 1 aromatic heterocycles. The average Bonchev–Trinajstić information content (AvgIpc) is 3.18. The van der Waals surface area contributed by atoms with Crippen LogP contribution in [0, 0.1) is 5.92 Å². The molecule has 2 saturated heterocycles. The number of ether oxygens (including phenoxy) is 1.